The zero-order chi connectivity index (χ0) is 16.8. The van der Waals surface area contributed by atoms with Gasteiger partial charge in [-0.2, -0.15) is 0 Å². The van der Waals surface area contributed by atoms with Gasteiger partial charge in [0.15, 0.2) is 0 Å². The van der Waals surface area contributed by atoms with E-state index in [2.05, 4.69) is 17.6 Å². The first-order valence-corrected chi connectivity index (χ1v) is 8.58. The summed E-state index contributed by atoms with van der Waals surface area (Å²) in [4.78, 5) is 23.0. The van der Waals surface area contributed by atoms with Gasteiger partial charge >= 0.3 is 6.09 Å². The predicted octanol–water partition coefficient (Wildman–Crippen LogP) is 3.77. The molecule has 0 aromatic carbocycles. The van der Waals surface area contributed by atoms with Crippen LogP contribution in [0.15, 0.2) is 0 Å². The fraction of sp³-hybridized carbons (Fsp3) is 0.882. The second kappa shape index (κ2) is 12.3. The molecule has 0 saturated heterocycles. The Morgan fingerprint density at radius 2 is 1.41 bits per heavy atom. The lowest BCUT2D eigenvalue weighted by Gasteiger charge is -2.19. The van der Waals surface area contributed by atoms with Crippen LogP contribution in [0.4, 0.5) is 4.79 Å². The molecule has 0 rings (SSSR count). The van der Waals surface area contributed by atoms with Crippen molar-refractivity contribution in [2.24, 2.45) is 0 Å². The Kier molecular flexibility index (Phi) is 11.6. The van der Waals surface area contributed by atoms with E-state index in [-0.39, 0.29) is 5.91 Å². The molecule has 5 heteroatoms. The molecule has 0 spiro atoms. The van der Waals surface area contributed by atoms with E-state index in [0.29, 0.717) is 19.5 Å². The van der Waals surface area contributed by atoms with Crippen LogP contribution in [0.1, 0.15) is 79.1 Å². The molecule has 0 radical (unpaired) electrons. The van der Waals surface area contributed by atoms with Crippen LogP contribution in [0.5, 0.6) is 0 Å². The van der Waals surface area contributed by atoms with Crippen LogP contribution in [0, 0.1) is 0 Å². The number of hydrogen-bond donors (Lipinski definition) is 2. The minimum absolute atomic E-state index is 0.0551. The molecule has 0 atom stereocenters. The van der Waals surface area contributed by atoms with Crippen LogP contribution < -0.4 is 10.6 Å². The monoisotopic (exact) mass is 314 g/mol. The van der Waals surface area contributed by atoms with Gasteiger partial charge in [0.25, 0.3) is 0 Å². The SMILES string of the molecule is CCCCCCCCCC(=O)NCCNC(=O)OC(C)(C)C. The second-order valence-electron chi connectivity index (χ2n) is 6.65. The third kappa shape index (κ3) is 15.1. The van der Waals surface area contributed by atoms with Crippen molar-refractivity contribution in [2.45, 2.75) is 84.7 Å². The summed E-state index contributed by atoms with van der Waals surface area (Å²) in [5.74, 6) is 0.0551. The summed E-state index contributed by atoms with van der Waals surface area (Å²) < 4.78 is 5.10. The average molecular weight is 314 g/mol. The number of unbranched alkanes of at least 4 members (excludes halogenated alkanes) is 6. The minimum Gasteiger partial charge on any atom is -0.444 e. The Morgan fingerprint density at radius 1 is 0.864 bits per heavy atom. The number of alkyl carbamates (subject to hydrolysis) is 1. The quantitative estimate of drug-likeness (QED) is 0.570. The van der Waals surface area contributed by atoms with Crippen LogP contribution in [0.3, 0.4) is 0 Å². The smallest absolute Gasteiger partial charge is 0.407 e. The summed E-state index contributed by atoms with van der Waals surface area (Å²) >= 11 is 0. The minimum atomic E-state index is -0.496. The Labute approximate surface area is 135 Å². The van der Waals surface area contributed by atoms with Crippen molar-refractivity contribution in [3.8, 4) is 0 Å². The fourth-order valence-corrected chi connectivity index (χ4v) is 2.01. The fourth-order valence-electron chi connectivity index (χ4n) is 2.01. The topological polar surface area (TPSA) is 67.4 Å². The largest absolute Gasteiger partial charge is 0.444 e. The number of ether oxygens (including phenoxy) is 1. The van der Waals surface area contributed by atoms with E-state index < -0.39 is 11.7 Å². The summed E-state index contributed by atoms with van der Waals surface area (Å²) in [6.45, 7) is 8.48. The first kappa shape index (κ1) is 20.7. The number of hydrogen-bond acceptors (Lipinski definition) is 3. The molecule has 0 saturated carbocycles. The van der Waals surface area contributed by atoms with Crippen LogP contribution in [0.25, 0.3) is 0 Å². The highest BCUT2D eigenvalue weighted by Gasteiger charge is 2.15. The van der Waals surface area contributed by atoms with E-state index in [9.17, 15) is 9.59 Å². The van der Waals surface area contributed by atoms with Crippen LogP contribution in [-0.4, -0.2) is 30.7 Å². The molecule has 0 aliphatic heterocycles. The van der Waals surface area contributed by atoms with Gasteiger partial charge in [-0.15, -0.1) is 0 Å². The number of rotatable bonds is 11. The molecule has 0 fully saturated rings. The average Bonchev–Trinajstić information content (AvgIpc) is 2.41. The Hall–Kier alpha value is -1.26. The van der Waals surface area contributed by atoms with Gasteiger partial charge in [-0.25, -0.2) is 4.79 Å². The molecule has 0 aromatic heterocycles. The zero-order valence-corrected chi connectivity index (χ0v) is 14.8. The van der Waals surface area contributed by atoms with E-state index in [0.717, 1.165) is 12.8 Å². The maximum atomic E-state index is 11.6. The molecule has 0 aliphatic carbocycles. The summed E-state index contributed by atoms with van der Waals surface area (Å²) in [6, 6.07) is 0. The molecule has 0 bridgehead atoms. The van der Waals surface area contributed by atoms with Gasteiger partial charge in [-0.3, -0.25) is 4.79 Å². The van der Waals surface area contributed by atoms with Crippen molar-refractivity contribution < 1.29 is 14.3 Å². The second-order valence-corrected chi connectivity index (χ2v) is 6.65. The summed E-state index contributed by atoms with van der Waals surface area (Å²) in [5.41, 5.74) is -0.496. The van der Waals surface area contributed by atoms with Gasteiger partial charge in [-0.05, 0) is 27.2 Å². The lowest BCUT2D eigenvalue weighted by atomic mass is 10.1. The van der Waals surface area contributed by atoms with E-state index in [4.69, 9.17) is 4.74 Å². The Bertz CT molecular complexity index is 312. The molecule has 0 heterocycles. The number of amides is 2. The molecule has 0 aliphatic rings. The third-order valence-corrected chi connectivity index (χ3v) is 3.12. The zero-order valence-electron chi connectivity index (χ0n) is 14.8. The van der Waals surface area contributed by atoms with E-state index in [1.165, 1.54) is 32.1 Å². The van der Waals surface area contributed by atoms with Crippen molar-refractivity contribution in [2.75, 3.05) is 13.1 Å². The molecule has 2 amide bonds. The van der Waals surface area contributed by atoms with Crippen LogP contribution >= 0.6 is 0 Å². The lowest BCUT2D eigenvalue weighted by molar-refractivity contribution is -0.121. The molecular weight excluding hydrogens is 280 g/mol. The van der Waals surface area contributed by atoms with Crippen molar-refractivity contribution in [1.82, 2.24) is 10.6 Å². The van der Waals surface area contributed by atoms with Crippen LogP contribution in [0.2, 0.25) is 0 Å². The van der Waals surface area contributed by atoms with Gasteiger partial charge in [0, 0.05) is 19.5 Å². The van der Waals surface area contributed by atoms with Gasteiger partial charge in [0.1, 0.15) is 5.60 Å². The molecule has 22 heavy (non-hydrogen) atoms. The van der Waals surface area contributed by atoms with E-state index >= 15 is 0 Å². The molecule has 130 valence electrons. The maximum absolute atomic E-state index is 11.6. The van der Waals surface area contributed by atoms with Gasteiger partial charge in [-0.1, -0.05) is 45.4 Å². The highest BCUT2D eigenvalue weighted by atomic mass is 16.6. The third-order valence-electron chi connectivity index (χ3n) is 3.12. The van der Waals surface area contributed by atoms with E-state index in [1.807, 2.05) is 20.8 Å². The van der Waals surface area contributed by atoms with Crippen molar-refractivity contribution in [1.29, 1.82) is 0 Å². The Morgan fingerprint density at radius 3 is 2.00 bits per heavy atom. The summed E-state index contributed by atoms with van der Waals surface area (Å²) in [7, 11) is 0. The number of carbonyl (C=O) groups is 2. The van der Waals surface area contributed by atoms with Crippen LogP contribution in [-0.2, 0) is 9.53 Å². The van der Waals surface area contributed by atoms with E-state index in [1.54, 1.807) is 0 Å². The molecule has 2 N–H and O–H groups in total. The molecule has 0 aromatic rings. The number of nitrogens with one attached hydrogen (secondary N) is 2. The molecular formula is C17H34N2O3. The summed E-state index contributed by atoms with van der Waals surface area (Å²) in [6.07, 6.45) is 8.55. The normalized spacial score (nSPS) is 11.1. The lowest BCUT2D eigenvalue weighted by Crippen LogP contribution is -2.37. The van der Waals surface area contributed by atoms with Crippen molar-refractivity contribution >= 4 is 12.0 Å². The Balaban J connectivity index is 3.41. The van der Waals surface area contributed by atoms with Gasteiger partial charge in [0.05, 0.1) is 0 Å². The van der Waals surface area contributed by atoms with Gasteiger partial charge < -0.3 is 15.4 Å². The molecule has 5 nitrogen and oxygen atoms in total. The molecule has 0 unspecified atom stereocenters. The maximum Gasteiger partial charge on any atom is 0.407 e. The van der Waals surface area contributed by atoms with Crippen molar-refractivity contribution in [3.63, 3.8) is 0 Å². The van der Waals surface area contributed by atoms with Crippen molar-refractivity contribution in [3.05, 3.63) is 0 Å². The summed E-state index contributed by atoms with van der Waals surface area (Å²) in [5, 5.41) is 5.42. The number of carbonyl (C=O) groups excluding carboxylic acids is 2. The highest BCUT2D eigenvalue weighted by molar-refractivity contribution is 5.75. The predicted molar refractivity (Wildman–Crippen MR) is 89.9 cm³/mol. The first-order valence-electron chi connectivity index (χ1n) is 8.58. The first-order chi connectivity index (χ1) is 10.3. The van der Waals surface area contributed by atoms with Gasteiger partial charge in [0.2, 0.25) is 5.91 Å². The highest BCUT2D eigenvalue weighted by Crippen LogP contribution is 2.08. The standard InChI is InChI=1S/C17H34N2O3/c1-5-6-7-8-9-10-11-12-15(20)18-13-14-19-16(21)22-17(2,3)4/h5-14H2,1-4H3,(H,18,20)(H,19,21).